The second kappa shape index (κ2) is 12.2. The average molecular weight is 495 g/mol. The molecule has 7 nitrogen and oxygen atoms in total. The lowest BCUT2D eigenvalue weighted by Crippen LogP contribution is -2.17. The molecule has 0 spiro atoms. The monoisotopic (exact) mass is 494 g/mol. The van der Waals surface area contributed by atoms with Gasteiger partial charge in [0.1, 0.15) is 12.4 Å². The Labute approximate surface area is 215 Å². The smallest absolute Gasteiger partial charge is 0.343 e. The van der Waals surface area contributed by atoms with Gasteiger partial charge in [-0.25, -0.2) is 10.2 Å². The van der Waals surface area contributed by atoms with Gasteiger partial charge in [0.25, 0.3) is 5.91 Å². The molecular weight excluding hydrogens is 468 g/mol. The average Bonchev–Trinajstić information content (AvgIpc) is 2.94. The second-order valence-electron chi connectivity index (χ2n) is 8.16. The first kappa shape index (κ1) is 25.2. The van der Waals surface area contributed by atoms with E-state index in [2.05, 4.69) is 10.5 Å². The van der Waals surface area contributed by atoms with Crippen LogP contribution in [0.25, 0.3) is 0 Å². The number of amides is 1. The summed E-state index contributed by atoms with van der Waals surface area (Å²) in [5.41, 5.74) is 6.29. The van der Waals surface area contributed by atoms with Crippen molar-refractivity contribution in [3.05, 3.63) is 125 Å². The summed E-state index contributed by atoms with van der Waals surface area (Å²) < 4.78 is 16.6. The molecule has 1 N–H and O–H groups in total. The fourth-order valence-corrected chi connectivity index (χ4v) is 3.37. The fraction of sp³-hybridized carbons (Fsp3) is 0.100. The van der Waals surface area contributed by atoms with E-state index in [-0.39, 0.29) is 11.7 Å². The van der Waals surface area contributed by atoms with E-state index in [0.717, 1.165) is 5.56 Å². The predicted molar refractivity (Wildman–Crippen MR) is 141 cm³/mol. The lowest BCUT2D eigenvalue weighted by Gasteiger charge is -2.10. The normalized spacial score (nSPS) is 10.6. The molecule has 186 valence electrons. The summed E-state index contributed by atoms with van der Waals surface area (Å²) in [6.07, 6.45) is 1.47. The highest BCUT2D eigenvalue weighted by molar-refractivity contribution is 5.95. The van der Waals surface area contributed by atoms with Gasteiger partial charge in [0, 0.05) is 5.56 Å². The van der Waals surface area contributed by atoms with Gasteiger partial charge in [0.2, 0.25) is 0 Å². The lowest BCUT2D eigenvalue weighted by atomic mass is 10.2. The Morgan fingerprint density at radius 2 is 1.57 bits per heavy atom. The Bertz CT molecular complexity index is 1380. The van der Waals surface area contributed by atoms with Gasteiger partial charge in [-0.3, -0.25) is 4.79 Å². The van der Waals surface area contributed by atoms with Crippen LogP contribution in [0, 0.1) is 6.92 Å². The van der Waals surface area contributed by atoms with E-state index >= 15 is 0 Å². The Balaban J connectivity index is 1.31. The molecule has 0 bridgehead atoms. The Morgan fingerprint density at radius 3 is 2.27 bits per heavy atom. The minimum atomic E-state index is -0.487. The molecule has 0 heterocycles. The summed E-state index contributed by atoms with van der Waals surface area (Å²) in [5, 5.41) is 4.02. The maximum Gasteiger partial charge on any atom is 0.343 e. The molecule has 0 aliphatic heterocycles. The number of carbonyl (C=O) groups is 2. The van der Waals surface area contributed by atoms with Gasteiger partial charge in [0.15, 0.2) is 11.5 Å². The fourth-order valence-electron chi connectivity index (χ4n) is 3.37. The van der Waals surface area contributed by atoms with Crippen molar-refractivity contribution >= 4 is 18.1 Å². The molecule has 0 saturated carbocycles. The van der Waals surface area contributed by atoms with Crippen LogP contribution in [0.2, 0.25) is 0 Å². The summed E-state index contributed by atoms with van der Waals surface area (Å²) >= 11 is 0. The van der Waals surface area contributed by atoms with Crippen LogP contribution < -0.4 is 19.6 Å². The molecule has 0 aromatic heterocycles. The zero-order valence-electron chi connectivity index (χ0n) is 20.5. The third-order valence-electron chi connectivity index (χ3n) is 5.42. The van der Waals surface area contributed by atoms with Gasteiger partial charge in [0.05, 0.1) is 18.9 Å². The standard InChI is InChI=1S/C30H26N2O5/c1-21-8-10-22(11-9-21)20-36-26-15-13-24(14-16-26)29(33)32-31-19-23-12-17-27(28(18-23)35-2)37-30(34)25-6-4-3-5-7-25/h3-19H,20H2,1-2H3,(H,32,33)/b31-19-. The van der Waals surface area contributed by atoms with Crippen molar-refractivity contribution in [2.24, 2.45) is 5.10 Å². The van der Waals surface area contributed by atoms with Crippen LogP contribution >= 0.6 is 0 Å². The number of rotatable bonds is 9. The topological polar surface area (TPSA) is 86.2 Å². The number of esters is 1. The highest BCUT2D eigenvalue weighted by Gasteiger charge is 2.12. The van der Waals surface area contributed by atoms with Crippen molar-refractivity contribution < 1.29 is 23.8 Å². The summed E-state index contributed by atoms with van der Waals surface area (Å²) in [6.45, 7) is 2.49. The van der Waals surface area contributed by atoms with E-state index in [1.165, 1.54) is 18.9 Å². The third kappa shape index (κ3) is 7.05. The quantitative estimate of drug-likeness (QED) is 0.142. The van der Waals surface area contributed by atoms with E-state index in [4.69, 9.17) is 14.2 Å². The van der Waals surface area contributed by atoms with Crippen LogP contribution in [0.3, 0.4) is 0 Å². The molecule has 37 heavy (non-hydrogen) atoms. The molecule has 0 saturated heterocycles. The Hall–Kier alpha value is -4.91. The van der Waals surface area contributed by atoms with Crippen molar-refractivity contribution in [1.29, 1.82) is 0 Å². The molecule has 4 aromatic carbocycles. The number of methoxy groups -OCH3 is 1. The van der Waals surface area contributed by atoms with Crippen molar-refractivity contribution in [2.45, 2.75) is 13.5 Å². The van der Waals surface area contributed by atoms with E-state index in [1.54, 1.807) is 66.7 Å². The van der Waals surface area contributed by atoms with Crippen LogP contribution in [0.15, 0.2) is 102 Å². The first-order valence-electron chi connectivity index (χ1n) is 11.6. The van der Waals surface area contributed by atoms with E-state index in [9.17, 15) is 9.59 Å². The zero-order chi connectivity index (χ0) is 26.0. The summed E-state index contributed by atoms with van der Waals surface area (Å²) in [7, 11) is 1.48. The van der Waals surface area contributed by atoms with Crippen LogP contribution in [0.5, 0.6) is 17.2 Å². The molecule has 4 aromatic rings. The first-order chi connectivity index (χ1) is 18.0. The maximum atomic E-state index is 12.4. The molecule has 0 unspecified atom stereocenters. The second-order valence-corrected chi connectivity index (χ2v) is 8.16. The first-order valence-corrected chi connectivity index (χ1v) is 11.6. The van der Waals surface area contributed by atoms with Crippen LogP contribution in [-0.2, 0) is 6.61 Å². The molecule has 1 amide bonds. The number of hydrazone groups is 1. The zero-order valence-corrected chi connectivity index (χ0v) is 20.5. The van der Waals surface area contributed by atoms with Gasteiger partial charge < -0.3 is 14.2 Å². The summed E-state index contributed by atoms with van der Waals surface area (Å²) in [5.74, 6) is 0.463. The van der Waals surface area contributed by atoms with Crippen molar-refractivity contribution in [2.75, 3.05) is 7.11 Å². The maximum absolute atomic E-state index is 12.4. The minimum absolute atomic E-state index is 0.280. The highest BCUT2D eigenvalue weighted by Crippen LogP contribution is 2.28. The van der Waals surface area contributed by atoms with Gasteiger partial charge in [-0.1, -0.05) is 48.0 Å². The number of nitrogens with one attached hydrogen (secondary N) is 1. The van der Waals surface area contributed by atoms with E-state index < -0.39 is 5.97 Å². The molecule has 0 atom stereocenters. The molecule has 7 heteroatoms. The van der Waals surface area contributed by atoms with Gasteiger partial charge in [-0.05, 0) is 72.6 Å². The third-order valence-corrected chi connectivity index (χ3v) is 5.42. The SMILES string of the molecule is COc1cc(/C=N\NC(=O)c2ccc(OCc3ccc(C)cc3)cc2)ccc1OC(=O)c1ccccc1. The van der Waals surface area contributed by atoms with Gasteiger partial charge >= 0.3 is 5.97 Å². The molecule has 0 aliphatic rings. The van der Waals surface area contributed by atoms with Gasteiger partial charge in [-0.15, -0.1) is 0 Å². The van der Waals surface area contributed by atoms with E-state index in [0.29, 0.717) is 34.8 Å². The molecule has 4 rings (SSSR count). The van der Waals surface area contributed by atoms with Crippen LogP contribution in [0.1, 0.15) is 37.4 Å². The Kier molecular flexibility index (Phi) is 8.29. The van der Waals surface area contributed by atoms with E-state index in [1.807, 2.05) is 37.3 Å². The summed E-state index contributed by atoms with van der Waals surface area (Å²) in [6, 6.07) is 28.6. The largest absolute Gasteiger partial charge is 0.493 e. The number of nitrogens with zero attached hydrogens (tertiary/aromatic N) is 1. The number of ether oxygens (including phenoxy) is 3. The summed E-state index contributed by atoms with van der Waals surface area (Å²) in [4.78, 5) is 24.8. The molecule has 0 aliphatic carbocycles. The minimum Gasteiger partial charge on any atom is -0.493 e. The number of hydrogen-bond donors (Lipinski definition) is 1. The molecule has 0 fully saturated rings. The number of hydrogen-bond acceptors (Lipinski definition) is 6. The molecular formula is C30H26N2O5. The Morgan fingerprint density at radius 1 is 0.838 bits per heavy atom. The van der Waals surface area contributed by atoms with Gasteiger partial charge in [-0.2, -0.15) is 5.10 Å². The predicted octanol–water partition coefficient (Wildman–Crippen LogP) is 5.57. The number of aryl methyl sites for hydroxylation is 1. The highest BCUT2D eigenvalue weighted by atomic mass is 16.6. The van der Waals surface area contributed by atoms with Crippen molar-refractivity contribution in [1.82, 2.24) is 5.43 Å². The molecule has 0 radical (unpaired) electrons. The lowest BCUT2D eigenvalue weighted by molar-refractivity contribution is 0.0729. The number of carbonyl (C=O) groups excluding carboxylic acids is 2. The van der Waals surface area contributed by atoms with Crippen molar-refractivity contribution in [3.8, 4) is 17.2 Å². The van der Waals surface area contributed by atoms with Crippen LogP contribution in [0.4, 0.5) is 0 Å². The van der Waals surface area contributed by atoms with Crippen LogP contribution in [-0.4, -0.2) is 25.2 Å². The number of benzene rings is 4. The van der Waals surface area contributed by atoms with Crippen molar-refractivity contribution in [3.63, 3.8) is 0 Å².